The van der Waals surface area contributed by atoms with Crippen molar-refractivity contribution in [3.8, 4) is 11.5 Å². The third-order valence-electron chi connectivity index (χ3n) is 4.84. The van der Waals surface area contributed by atoms with E-state index in [4.69, 9.17) is 9.47 Å². The summed E-state index contributed by atoms with van der Waals surface area (Å²) in [5.74, 6) is 0.180. The third kappa shape index (κ3) is 3.33. The van der Waals surface area contributed by atoms with Gasteiger partial charge in [-0.25, -0.2) is 4.90 Å². The summed E-state index contributed by atoms with van der Waals surface area (Å²) in [4.78, 5) is 29.9. The Morgan fingerprint density at radius 3 is 2.21 bits per heavy atom. The van der Waals surface area contributed by atoms with Crippen LogP contribution in [0, 0.1) is 0 Å². The van der Waals surface area contributed by atoms with Gasteiger partial charge in [0.1, 0.15) is 11.5 Å². The molecule has 0 N–H and O–H groups in total. The van der Waals surface area contributed by atoms with Gasteiger partial charge in [-0.1, -0.05) is 18.2 Å². The van der Waals surface area contributed by atoms with Gasteiger partial charge in [0.25, 0.3) is 11.8 Å². The summed E-state index contributed by atoms with van der Waals surface area (Å²) >= 11 is 0. The van der Waals surface area contributed by atoms with E-state index in [1.807, 2.05) is 31.0 Å². The first-order valence-electron chi connectivity index (χ1n) is 9.21. The molecule has 0 atom stereocenters. The second kappa shape index (κ2) is 8.17. The average Bonchev–Trinajstić information content (AvgIpc) is 2.74. The first-order valence-corrected chi connectivity index (χ1v) is 9.21. The van der Waals surface area contributed by atoms with Crippen LogP contribution in [0.2, 0.25) is 0 Å². The number of amides is 2. The largest absolute Gasteiger partial charge is 0.497 e. The van der Waals surface area contributed by atoms with Crippen molar-refractivity contribution in [3.05, 3.63) is 59.8 Å². The van der Waals surface area contributed by atoms with Crippen LogP contribution >= 0.6 is 0 Å². The van der Waals surface area contributed by atoms with Crippen LogP contribution in [0.25, 0.3) is 5.57 Å². The number of fused-ring (bicyclic) bond motifs is 1. The molecule has 1 aliphatic rings. The minimum Gasteiger partial charge on any atom is -0.497 e. The molecule has 1 aliphatic heterocycles. The fraction of sp³-hybridized carbons (Fsp3) is 0.273. The molecule has 0 aromatic heterocycles. The Hall–Kier alpha value is -3.28. The molecule has 6 nitrogen and oxygen atoms in total. The summed E-state index contributed by atoms with van der Waals surface area (Å²) < 4.78 is 10.7. The molecule has 28 heavy (non-hydrogen) atoms. The maximum atomic E-state index is 13.4. The lowest BCUT2D eigenvalue weighted by atomic mass is 9.93. The Morgan fingerprint density at radius 2 is 1.61 bits per heavy atom. The average molecular weight is 380 g/mol. The number of imide groups is 1. The Morgan fingerprint density at radius 1 is 0.929 bits per heavy atom. The van der Waals surface area contributed by atoms with Gasteiger partial charge in [0, 0.05) is 36.5 Å². The van der Waals surface area contributed by atoms with E-state index < -0.39 is 0 Å². The van der Waals surface area contributed by atoms with Crippen LogP contribution in [0.1, 0.15) is 29.8 Å². The van der Waals surface area contributed by atoms with Crippen LogP contribution in [0.5, 0.6) is 11.5 Å². The standard InChI is InChI=1S/C22H24N2O4/c1-5-23(6-2)14-18-16-9-7-8-10-17(16)21(25)24(22(18)26)19-13-15(27-3)11-12-20(19)28-4/h7-14H,5-6H2,1-4H3/b18-14-. The molecular weight excluding hydrogens is 356 g/mol. The van der Waals surface area contributed by atoms with Gasteiger partial charge in [-0.15, -0.1) is 0 Å². The maximum Gasteiger partial charge on any atom is 0.267 e. The van der Waals surface area contributed by atoms with Crippen molar-refractivity contribution in [2.24, 2.45) is 0 Å². The van der Waals surface area contributed by atoms with Crippen molar-refractivity contribution in [3.63, 3.8) is 0 Å². The second-order valence-corrected chi connectivity index (χ2v) is 6.29. The van der Waals surface area contributed by atoms with Gasteiger partial charge in [0.05, 0.1) is 25.5 Å². The minimum absolute atomic E-state index is 0.358. The quantitative estimate of drug-likeness (QED) is 0.566. The zero-order valence-electron chi connectivity index (χ0n) is 16.6. The number of methoxy groups -OCH3 is 2. The van der Waals surface area contributed by atoms with Crippen molar-refractivity contribution in [2.75, 3.05) is 32.2 Å². The van der Waals surface area contributed by atoms with E-state index in [2.05, 4.69) is 0 Å². The number of ether oxygens (including phenoxy) is 2. The predicted molar refractivity (Wildman–Crippen MR) is 109 cm³/mol. The summed E-state index contributed by atoms with van der Waals surface area (Å²) in [6, 6.07) is 12.2. The molecule has 0 saturated carbocycles. The van der Waals surface area contributed by atoms with Gasteiger partial charge in [-0.05, 0) is 32.0 Å². The van der Waals surface area contributed by atoms with E-state index in [1.165, 1.54) is 19.1 Å². The zero-order chi connectivity index (χ0) is 20.3. The van der Waals surface area contributed by atoms with E-state index in [0.717, 1.165) is 13.1 Å². The van der Waals surface area contributed by atoms with Crippen molar-refractivity contribution in [1.29, 1.82) is 0 Å². The number of hydrogen-bond donors (Lipinski definition) is 0. The normalized spacial score (nSPS) is 14.9. The highest BCUT2D eigenvalue weighted by atomic mass is 16.5. The highest BCUT2D eigenvalue weighted by Crippen LogP contribution is 2.38. The Labute approximate surface area is 165 Å². The van der Waals surface area contributed by atoms with Crippen molar-refractivity contribution >= 4 is 23.1 Å². The highest BCUT2D eigenvalue weighted by Gasteiger charge is 2.37. The van der Waals surface area contributed by atoms with Crippen molar-refractivity contribution in [2.45, 2.75) is 13.8 Å². The number of carbonyl (C=O) groups excluding carboxylic acids is 2. The van der Waals surface area contributed by atoms with Crippen LogP contribution in [-0.2, 0) is 4.79 Å². The lowest BCUT2D eigenvalue weighted by molar-refractivity contribution is -0.112. The molecule has 0 spiro atoms. The van der Waals surface area contributed by atoms with Crippen LogP contribution in [0.3, 0.4) is 0 Å². The Kier molecular flexibility index (Phi) is 5.68. The smallest absolute Gasteiger partial charge is 0.267 e. The van der Waals surface area contributed by atoms with Crippen LogP contribution in [0.15, 0.2) is 48.7 Å². The minimum atomic E-state index is -0.387. The van der Waals surface area contributed by atoms with Gasteiger partial charge in [0.15, 0.2) is 0 Å². The van der Waals surface area contributed by atoms with Crippen molar-refractivity contribution < 1.29 is 19.1 Å². The summed E-state index contributed by atoms with van der Waals surface area (Å²) in [5.41, 5.74) is 1.95. The maximum absolute atomic E-state index is 13.4. The van der Waals surface area contributed by atoms with Crippen LogP contribution in [0.4, 0.5) is 5.69 Å². The Bertz CT molecular complexity index is 932. The van der Waals surface area contributed by atoms with E-state index in [-0.39, 0.29) is 11.8 Å². The topological polar surface area (TPSA) is 59.1 Å². The van der Waals surface area contributed by atoms with Gasteiger partial charge in [-0.2, -0.15) is 0 Å². The SMILES string of the molecule is CCN(/C=C1\C(=O)N(c2cc(OC)ccc2OC)C(=O)c2ccccc21)CC. The molecule has 146 valence electrons. The van der Waals surface area contributed by atoms with Crippen LogP contribution in [-0.4, -0.2) is 44.0 Å². The molecule has 0 saturated heterocycles. The molecule has 2 aromatic carbocycles. The van der Waals surface area contributed by atoms with E-state index >= 15 is 0 Å². The van der Waals surface area contributed by atoms with Crippen LogP contribution < -0.4 is 14.4 Å². The van der Waals surface area contributed by atoms with E-state index in [0.29, 0.717) is 33.9 Å². The number of nitrogens with zero attached hydrogens (tertiary/aromatic N) is 2. The fourth-order valence-corrected chi connectivity index (χ4v) is 3.26. The van der Waals surface area contributed by atoms with E-state index in [1.54, 1.807) is 36.4 Å². The summed E-state index contributed by atoms with van der Waals surface area (Å²) in [6.07, 6.45) is 1.83. The molecule has 3 rings (SSSR count). The van der Waals surface area contributed by atoms with Gasteiger partial charge < -0.3 is 14.4 Å². The molecular formula is C22H24N2O4. The lowest BCUT2D eigenvalue weighted by Gasteiger charge is -2.30. The first-order chi connectivity index (χ1) is 13.5. The zero-order valence-corrected chi connectivity index (χ0v) is 16.6. The summed E-state index contributed by atoms with van der Waals surface area (Å²) in [6.45, 7) is 5.55. The molecule has 0 fully saturated rings. The molecule has 0 aliphatic carbocycles. The predicted octanol–water partition coefficient (Wildman–Crippen LogP) is 3.57. The highest BCUT2D eigenvalue weighted by molar-refractivity contribution is 6.41. The van der Waals surface area contributed by atoms with Gasteiger partial charge in [-0.3, -0.25) is 9.59 Å². The van der Waals surface area contributed by atoms with Gasteiger partial charge in [0.2, 0.25) is 0 Å². The number of carbonyl (C=O) groups is 2. The van der Waals surface area contributed by atoms with Crippen molar-refractivity contribution in [1.82, 2.24) is 4.90 Å². The number of anilines is 1. The number of rotatable bonds is 6. The second-order valence-electron chi connectivity index (χ2n) is 6.29. The molecule has 0 radical (unpaired) electrons. The first kappa shape index (κ1) is 19.5. The third-order valence-corrected chi connectivity index (χ3v) is 4.84. The molecule has 0 unspecified atom stereocenters. The Balaban J connectivity index is 2.22. The number of benzene rings is 2. The summed E-state index contributed by atoms with van der Waals surface area (Å²) in [7, 11) is 3.04. The summed E-state index contributed by atoms with van der Waals surface area (Å²) in [5, 5.41) is 0. The fourth-order valence-electron chi connectivity index (χ4n) is 3.26. The number of hydrogen-bond acceptors (Lipinski definition) is 5. The lowest BCUT2D eigenvalue weighted by Crippen LogP contribution is -2.42. The monoisotopic (exact) mass is 380 g/mol. The molecule has 2 aromatic rings. The molecule has 1 heterocycles. The molecule has 6 heteroatoms. The van der Waals surface area contributed by atoms with Gasteiger partial charge >= 0.3 is 0 Å². The molecule has 2 amide bonds. The van der Waals surface area contributed by atoms with E-state index in [9.17, 15) is 9.59 Å². The molecule has 0 bridgehead atoms.